The summed E-state index contributed by atoms with van der Waals surface area (Å²) in [5.74, 6) is 0.677. The van der Waals surface area contributed by atoms with Gasteiger partial charge < -0.3 is 11.1 Å². The first-order valence-corrected chi connectivity index (χ1v) is 10.5. The number of carbonyl (C=O) groups excluding carboxylic acids is 1. The van der Waals surface area contributed by atoms with Crippen molar-refractivity contribution < 1.29 is 4.79 Å². The summed E-state index contributed by atoms with van der Waals surface area (Å²) in [6.07, 6.45) is 0. The van der Waals surface area contributed by atoms with Crippen molar-refractivity contribution in [3.05, 3.63) is 83.9 Å². The molecule has 0 saturated carbocycles. The number of hydrogen-bond donors (Lipinski definition) is 2. The fourth-order valence-corrected chi connectivity index (χ4v) is 3.87. The normalized spacial score (nSPS) is 10.7. The van der Waals surface area contributed by atoms with Crippen LogP contribution in [0.5, 0.6) is 0 Å². The summed E-state index contributed by atoms with van der Waals surface area (Å²) in [5.41, 5.74) is 8.99. The van der Waals surface area contributed by atoms with Crippen LogP contribution in [0.1, 0.15) is 0 Å². The lowest BCUT2D eigenvalue weighted by Crippen LogP contribution is -2.14. The van der Waals surface area contributed by atoms with Gasteiger partial charge in [-0.3, -0.25) is 9.36 Å². The molecular weight excluding hydrogens is 418 g/mol. The molecule has 30 heavy (non-hydrogen) atoms. The minimum absolute atomic E-state index is 0.157. The van der Waals surface area contributed by atoms with Gasteiger partial charge in [0.25, 0.3) is 0 Å². The zero-order chi connectivity index (χ0) is 20.9. The molecule has 1 amide bonds. The number of anilines is 2. The minimum Gasteiger partial charge on any atom is -0.399 e. The van der Waals surface area contributed by atoms with Gasteiger partial charge in [-0.05, 0) is 42.5 Å². The summed E-state index contributed by atoms with van der Waals surface area (Å²) in [4.78, 5) is 12.4. The Balaban J connectivity index is 1.59. The van der Waals surface area contributed by atoms with Crippen LogP contribution < -0.4 is 11.1 Å². The fourth-order valence-electron chi connectivity index (χ4n) is 2.93. The van der Waals surface area contributed by atoms with E-state index in [0.29, 0.717) is 27.4 Å². The first kappa shape index (κ1) is 20.0. The highest BCUT2D eigenvalue weighted by atomic mass is 35.5. The van der Waals surface area contributed by atoms with Crippen LogP contribution in [0.2, 0.25) is 5.02 Å². The molecular formula is C22H18ClN5OS. The second-order valence-corrected chi connectivity index (χ2v) is 7.83. The van der Waals surface area contributed by atoms with E-state index < -0.39 is 0 Å². The zero-order valence-corrected chi connectivity index (χ0v) is 17.4. The Labute approximate surface area is 183 Å². The molecule has 4 rings (SSSR count). The van der Waals surface area contributed by atoms with Gasteiger partial charge in [0.15, 0.2) is 11.0 Å². The predicted molar refractivity (Wildman–Crippen MR) is 122 cm³/mol. The second kappa shape index (κ2) is 9.02. The predicted octanol–water partition coefficient (Wildman–Crippen LogP) is 4.90. The van der Waals surface area contributed by atoms with Gasteiger partial charge in [-0.15, -0.1) is 10.2 Å². The number of hydrogen-bond acceptors (Lipinski definition) is 5. The molecule has 0 aliphatic heterocycles. The molecule has 0 aliphatic rings. The summed E-state index contributed by atoms with van der Waals surface area (Å²) >= 11 is 7.28. The number of nitrogens with two attached hydrogens (primary N) is 1. The Morgan fingerprint density at radius 1 is 1.00 bits per heavy atom. The number of nitrogen functional groups attached to an aromatic ring is 1. The van der Waals surface area contributed by atoms with E-state index in [2.05, 4.69) is 15.5 Å². The Morgan fingerprint density at radius 3 is 2.57 bits per heavy atom. The van der Waals surface area contributed by atoms with Crippen LogP contribution in [0.15, 0.2) is 84.0 Å². The van der Waals surface area contributed by atoms with Crippen molar-refractivity contribution in [2.45, 2.75) is 5.16 Å². The van der Waals surface area contributed by atoms with Crippen LogP contribution in [0.3, 0.4) is 0 Å². The van der Waals surface area contributed by atoms with Crippen molar-refractivity contribution in [2.75, 3.05) is 16.8 Å². The van der Waals surface area contributed by atoms with E-state index in [9.17, 15) is 4.79 Å². The molecule has 0 fully saturated rings. The molecule has 0 unspecified atom stereocenters. The van der Waals surface area contributed by atoms with Crippen LogP contribution in [-0.4, -0.2) is 26.4 Å². The summed E-state index contributed by atoms with van der Waals surface area (Å²) in [6.45, 7) is 0. The van der Waals surface area contributed by atoms with Crippen molar-refractivity contribution in [2.24, 2.45) is 0 Å². The lowest BCUT2D eigenvalue weighted by Gasteiger charge is -2.11. The molecule has 0 radical (unpaired) electrons. The highest BCUT2D eigenvalue weighted by Gasteiger charge is 2.17. The lowest BCUT2D eigenvalue weighted by molar-refractivity contribution is -0.113. The van der Waals surface area contributed by atoms with E-state index in [1.807, 2.05) is 59.2 Å². The molecule has 8 heteroatoms. The summed E-state index contributed by atoms with van der Waals surface area (Å²) in [6, 6.07) is 24.3. The Hall–Kier alpha value is -3.29. The smallest absolute Gasteiger partial charge is 0.234 e. The molecule has 4 aromatic rings. The van der Waals surface area contributed by atoms with Gasteiger partial charge in [0.05, 0.1) is 5.75 Å². The third-order valence-electron chi connectivity index (χ3n) is 4.23. The maximum absolute atomic E-state index is 12.4. The van der Waals surface area contributed by atoms with Crippen LogP contribution in [-0.2, 0) is 4.79 Å². The van der Waals surface area contributed by atoms with Crippen LogP contribution >= 0.6 is 23.4 Å². The van der Waals surface area contributed by atoms with Gasteiger partial charge in [0.1, 0.15) is 0 Å². The van der Waals surface area contributed by atoms with Crippen molar-refractivity contribution >= 4 is 40.6 Å². The summed E-state index contributed by atoms with van der Waals surface area (Å²) < 4.78 is 1.92. The zero-order valence-electron chi connectivity index (χ0n) is 15.8. The number of halogens is 1. The standard InChI is InChI=1S/C22H18ClN5OS/c23-16-7-5-9-18(13-16)25-20(29)14-30-22-27-26-21(15-6-4-8-17(24)12-15)28(22)19-10-2-1-3-11-19/h1-13H,14,24H2,(H,25,29). The third-order valence-corrected chi connectivity index (χ3v) is 5.40. The van der Waals surface area contributed by atoms with Crippen molar-refractivity contribution in [1.29, 1.82) is 0 Å². The Morgan fingerprint density at radius 2 is 1.80 bits per heavy atom. The highest BCUT2D eigenvalue weighted by molar-refractivity contribution is 7.99. The quantitative estimate of drug-likeness (QED) is 0.332. The van der Waals surface area contributed by atoms with E-state index in [-0.39, 0.29) is 11.7 Å². The molecule has 1 aromatic heterocycles. The van der Waals surface area contributed by atoms with Crippen LogP contribution in [0, 0.1) is 0 Å². The number of rotatable bonds is 6. The maximum Gasteiger partial charge on any atom is 0.234 e. The monoisotopic (exact) mass is 435 g/mol. The number of nitrogens with one attached hydrogen (secondary N) is 1. The summed E-state index contributed by atoms with van der Waals surface area (Å²) in [7, 11) is 0. The highest BCUT2D eigenvalue weighted by Crippen LogP contribution is 2.29. The number of amides is 1. The van der Waals surface area contributed by atoms with Gasteiger partial charge in [-0.25, -0.2) is 0 Å². The topological polar surface area (TPSA) is 85.8 Å². The molecule has 0 aliphatic carbocycles. The average molecular weight is 436 g/mol. The average Bonchev–Trinajstić information content (AvgIpc) is 3.17. The van der Waals surface area contributed by atoms with E-state index >= 15 is 0 Å². The number of para-hydroxylation sites is 1. The Kier molecular flexibility index (Phi) is 6.02. The van der Waals surface area contributed by atoms with Crippen molar-refractivity contribution in [1.82, 2.24) is 14.8 Å². The van der Waals surface area contributed by atoms with Crippen molar-refractivity contribution in [3.8, 4) is 17.1 Å². The summed E-state index contributed by atoms with van der Waals surface area (Å²) in [5, 5.41) is 12.7. The molecule has 0 saturated heterocycles. The van der Waals surface area contributed by atoms with Crippen LogP contribution in [0.25, 0.3) is 17.1 Å². The number of thioether (sulfide) groups is 1. The number of carbonyl (C=O) groups is 1. The van der Waals surface area contributed by atoms with Gasteiger partial charge in [-0.2, -0.15) is 0 Å². The molecule has 6 nitrogen and oxygen atoms in total. The van der Waals surface area contributed by atoms with Gasteiger partial charge in [-0.1, -0.05) is 59.8 Å². The molecule has 150 valence electrons. The van der Waals surface area contributed by atoms with E-state index in [4.69, 9.17) is 17.3 Å². The van der Waals surface area contributed by atoms with E-state index in [1.54, 1.807) is 24.3 Å². The van der Waals surface area contributed by atoms with Crippen LogP contribution in [0.4, 0.5) is 11.4 Å². The van der Waals surface area contributed by atoms with Gasteiger partial charge >= 0.3 is 0 Å². The van der Waals surface area contributed by atoms with Crippen molar-refractivity contribution in [3.63, 3.8) is 0 Å². The third kappa shape index (κ3) is 4.64. The molecule has 0 bridgehead atoms. The van der Waals surface area contributed by atoms with Gasteiger partial charge in [0.2, 0.25) is 5.91 Å². The first-order valence-electron chi connectivity index (χ1n) is 9.15. The molecule has 3 N–H and O–H groups in total. The number of nitrogens with zero attached hydrogens (tertiary/aromatic N) is 3. The lowest BCUT2D eigenvalue weighted by atomic mass is 10.2. The number of benzene rings is 3. The minimum atomic E-state index is -0.157. The van der Waals surface area contributed by atoms with E-state index in [0.717, 1.165) is 11.3 Å². The molecule has 1 heterocycles. The molecule has 0 spiro atoms. The molecule has 3 aromatic carbocycles. The number of aromatic nitrogens is 3. The Bertz CT molecular complexity index is 1180. The van der Waals surface area contributed by atoms with E-state index in [1.165, 1.54) is 11.8 Å². The maximum atomic E-state index is 12.4. The first-order chi connectivity index (χ1) is 14.6. The molecule has 0 atom stereocenters. The SMILES string of the molecule is Nc1cccc(-c2nnc(SCC(=O)Nc3cccc(Cl)c3)n2-c2ccccc2)c1. The largest absolute Gasteiger partial charge is 0.399 e. The fraction of sp³-hybridized carbons (Fsp3) is 0.0455. The van der Waals surface area contributed by atoms with Gasteiger partial charge in [0, 0.05) is 27.6 Å². The second-order valence-electron chi connectivity index (χ2n) is 6.45.